The average Bonchev–Trinajstić information content (AvgIpc) is 2.66. The molecular weight excluding hydrogens is 316 g/mol. The van der Waals surface area contributed by atoms with Crippen LogP contribution in [0.1, 0.15) is 25.0 Å². The van der Waals surface area contributed by atoms with E-state index < -0.39 is 0 Å². The lowest BCUT2D eigenvalue weighted by molar-refractivity contribution is -0.121. The van der Waals surface area contributed by atoms with E-state index >= 15 is 0 Å². The zero-order chi connectivity index (χ0) is 17.6. The molecule has 0 bridgehead atoms. The van der Waals surface area contributed by atoms with Crippen molar-refractivity contribution in [3.63, 3.8) is 0 Å². The number of rotatable bonds is 6. The number of carbonyl (C=O) groups excluding carboxylic acids is 1. The summed E-state index contributed by atoms with van der Waals surface area (Å²) in [5.41, 5.74) is 1.18. The maximum Gasteiger partial charge on any atom is 0.221 e. The molecule has 3 rings (SSSR count). The van der Waals surface area contributed by atoms with Gasteiger partial charge in [-0.2, -0.15) is 0 Å². The molecule has 1 aliphatic heterocycles. The molecule has 1 saturated heterocycles. The lowest BCUT2D eigenvalue weighted by Gasteiger charge is -2.33. The van der Waals surface area contributed by atoms with E-state index in [2.05, 4.69) is 34.5 Å². The van der Waals surface area contributed by atoms with Crippen molar-refractivity contribution in [3.05, 3.63) is 42.0 Å². The van der Waals surface area contributed by atoms with Gasteiger partial charge in [-0.3, -0.25) is 9.69 Å². The second-order valence-corrected chi connectivity index (χ2v) is 6.34. The van der Waals surface area contributed by atoms with Crippen LogP contribution in [0.4, 0.5) is 0 Å². The fourth-order valence-corrected chi connectivity index (χ4v) is 3.22. The van der Waals surface area contributed by atoms with Crippen molar-refractivity contribution in [2.45, 2.75) is 19.4 Å². The Hall–Kier alpha value is -2.11. The monoisotopic (exact) mass is 342 g/mol. The molecule has 0 spiro atoms. The van der Waals surface area contributed by atoms with Gasteiger partial charge in [0.15, 0.2) is 0 Å². The minimum atomic E-state index is 0.0505. The summed E-state index contributed by atoms with van der Waals surface area (Å²) in [5.74, 6) is 0.982. The quantitative estimate of drug-likeness (QED) is 0.877. The molecule has 1 heterocycles. The predicted octanol–water partition coefficient (Wildman–Crippen LogP) is 2.75. The van der Waals surface area contributed by atoms with Gasteiger partial charge in [0.1, 0.15) is 5.75 Å². The molecule has 1 fully saturated rings. The van der Waals surface area contributed by atoms with Crippen molar-refractivity contribution in [2.24, 2.45) is 0 Å². The Morgan fingerprint density at radius 2 is 2.08 bits per heavy atom. The summed E-state index contributed by atoms with van der Waals surface area (Å²) in [6, 6.07) is 12.5. The molecule has 0 saturated carbocycles. The fraction of sp³-hybridized carbons (Fsp3) is 0.450. The zero-order valence-electron chi connectivity index (χ0n) is 15.0. The minimum absolute atomic E-state index is 0.0505. The normalized spacial score (nSPS) is 18.2. The second-order valence-electron chi connectivity index (χ2n) is 6.34. The first-order valence-electron chi connectivity index (χ1n) is 8.88. The molecule has 1 amide bonds. The molecule has 5 heteroatoms. The number of hydrogen-bond donors (Lipinski definition) is 1. The lowest BCUT2D eigenvalue weighted by atomic mass is 10.0. The van der Waals surface area contributed by atoms with E-state index in [-0.39, 0.29) is 12.0 Å². The number of hydrogen-bond acceptors (Lipinski definition) is 4. The Kier molecular flexibility index (Phi) is 5.89. The van der Waals surface area contributed by atoms with E-state index in [0.29, 0.717) is 19.6 Å². The van der Waals surface area contributed by atoms with Crippen molar-refractivity contribution in [3.8, 4) is 5.75 Å². The van der Waals surface area contributed by atoms with Crippen LogP contribution in [0.5, 0.6) is 5.75 Å². The summed E-state index contributed by atoms with van der Waals surface area (Å²) in [4.78, 5) is 14.0. The summed E-state index contributed by atoms with van der Waals surface area (Å²) in [6.07, 6.45) is 0.590. The van der Waals surface area contributed by atoms with Crippen LogP contribution < -0.4 is 10.1 Å². The molecule has 5 nitrogen and oxygen atoms in total. The first-order valence-corrected chi connectivity index (χ1v) is 8.88. The van der Waals surface area contributed by atoms with Crippen molar-refractivity contribution >= 4 is 16.7 Å². The standard InChI is InChI=1S/C20H26N2O3/c1-3-21-20(23)8-9-22-10-11-25-19(14-22)17-5-4-16-13-18(24-2)7-6-15(16)12-17/h4-7,12-13,19H,3,8-11,14H2,1-2H3,(H,21,23)/t19-/m0/s1. The number of nitrogens with one attached hydrogen (secondary N) is 1. The largest absolute Gasteiger partial charge is 0.497 e. The van der Waals surface area contributed by atoms with Crippen molar-refractivity contribution in [1.82, 2.24) is 10.2 Å². The SMILES string of the molecule is CCNC(=O)CCN1CCO[C@H](c2ccc3cc(OC)ccc3c2)C1. The number of morpholine rings is 1. The van der Waals surface area contributed by atoms with Crippen LogP contribution in [0, 0.1) is 0 Å². The van der Waals surface area contributed by atoms with E-state index in [1.54, 1.807) is 7.11 Å². The Bertz CT molecular complexity index is 732. The van der Waals surface area contributed by atoms with Gasteiger partial charge in [0.2, 0.25) is 5.91 Å². The maximum atomic E-state index is 11.7. The third-order valence-electron chi connectivity index (χ3n) is 4.62. The van der Waals surface area contributed by atoms with Crippen LogP contribution in [0.3, 0.4) is 0 Å². The van der Waals surface area contributed by atoms with Crippen LogP contribution in [-0.2, 0) is 9.53 Å². The first-order chi connectivity index (χ1) is 12.2. The molecule has 134 valence electrons. The van der Waals surface area contributed by atoms with Gasteiger partial charge in [-0.05, 0) is 41.5 Å². The predicted molar refractivity (Wildman–Crippen MR) is 98.9 cm³/mol. The van der Waals surface area contributed by atoms with Gasteiger partial charge in [-0.1, -0.05) is 18.2 Å². The van der Waals surface area contributed by atoms with E-state index in [0.717, 1.165) is 30.8 Å². The highest BCUT2D eigenvalue weighted by Gasteiger charge is 2.22. The van der Waals surface area contributed by atoms with Gasteiger partial charge in [0, 0.05) is 32.6 Å². The van der Waals surface area contributed by atoms with E-state index in [4.69, 9.17) is 9.47 Å². The Balaban J connectivity index is 1.66. The number of benzene rings is 2. The highest BCUT2D eigenvalue weighted by Crippen LogP contribution is 2.27. The number of methoxy groups -OCH3 is 1. The van der Waals surface area contributed by atoms with Gasteiger partial charge in [-0.25, -0.2) is 0 Å². The third-order valence-corrected chi connectivity index (χ3v) is 4.62. The molecule has 25 heavy (non-hydrogen) atoms. The van der Waals surface area contributed by atoms with Crippen LogP contribution in [0.25, 0.3) is 10.8 Å². The summed E-state index contributed by atoms with van der Waals surface area (Å²) in [6.45, 7) is 5.79. The minimum Gasteiger partial charge on any atom is -0.497 e. The molecule has 0 aromatic heterocycles. The van der Waals surface area contributed by atoms with Gasteiger partial charge >= 0.3 is 0 Å². The molecular formula is C20H26N2O3. The molecule has 2 aromatic carbocycles. The lowest BCUT2D eigenvalue weighted by Crippen LogP contribution is -2.40. The fourth-order valence-electron chi connectivity index (χ4n) is 3.22. The number of carbonyl (C=O) groups is 1. The molecule has 0 radical (unpaired) electrons. The Labute approximate surface area is 148 Å². The summed E-state index contributed by atoms with van der Waals surface area (Å²) in [7, 11) is 1.68. The Morgan fingerprint density at radius 3 is 2.88 bits per heavy atom. The van der Waals surface area contributed by atoms with Crippen molar-refractivity contribution in [2.75, 3.05) is 39.9 Å². The number of ether oxygens (including phenoxy) is 2. The number of amides is 1. The van der Waals surface area contributed by atoms with Gasteiger partial charge < -0.3 is 14.8 Å². The number of fused-ring (bicyclic) bond motifs is 1. The van der Waals surface area contributed by atoms with Crippen molar-refractivity contribution < 1.29 is 14.3 Å². The Morgan fingerprint density at radius 1 is 1.28 bits per heavy atom. The van der Waals surface area contributed by atoms with E-state index in [1.165, 1.54) is 10.9 Å². The third kappa shape index (κ3) is 4.50. The van der Waals surface area contributed by atoms with Gasteiger partial charge in [0.05, 0.1) is 19.8 Å². The maximum absolute atomic E-state index is 11.7. The summed E-state index contributed by atoms with van der Waals surface area (Å²) < 4.78 is 11.3. The first kappa shape index (κ1) is 17.7. The average molecular weight is 342 g/mol. The highest BCUT2D eigenvalue weighted by molar-refractivity contribution is 5.84. The smallest absolute Gasteiger partial charge is 0.221 e. The van der Waals surface area contributed by atoms with Crippen molar-refractivity contribution in [1.29, 1.82) is 0 Å². The molecule has 2 aromatic rings. The van der Waals surface area contributed by atoms with E-state index in [9.17, 15) is 4.79 Å². The van der Waals surface area contributed by atoms with Gasteiger partial charge in [0.25, 0.3) is 0 Å². The molecule has 1 N–H and O–H groups in total. The van der Waals surface area contributed by atoms with Gasteiger partial charge in [-0.15, -0.1) is 0 Å². The number of nitrogens with zero attached hydrogens (tertiary/aromatic N) is 1. The van der Waals surface area contributed by atoms with Crippen LogP contribution >= 0.6 is 0 Å². The summed E-state index contributed by atoms with van der Waals surface area (Å²) in [5, 5.41) is 5.19. The molecule has 0 aliphatic carbocycles. The van der Waals surface area contributed by atoms with Crippen LogP contribution in [-0.4, -0.2) is 50.7 Å². The van der Waals surface area contributed by atoms with E-state index in [1.807, 2.05) is 19.1 Å². The van der Waals surface area contributed by atoms with Crippen LogP contribution in [0.15, 0.2) is 36.4 Å². The zero-order valence-corrected chi connectivity index (χ0v) is 15.0. The molecule has 0 unspecified atom stereocenters. The topological polar surface area (TPSA) is 50.8 Å². The second kappa shape index (κ2) is 8.32. The summed E-state index contributed by atoms with van der Waals surface area (Å²) >= 11 is 0. The molecule has 1 aliphatic rings. The molecule has 1 atom stereocenters. The van der Waals surface area contributed by atoms with Crippen LogP contribution in [0.2, 0.25) is 0 Å². The highest BCUT2D eigenvalue weighted by atomic mass is 16.5.